The number of tetrazole rings is 1. The quantitative estimate of drug-likeness (QED) is 0.794. The first-order valence-electron chi connectivity index (χ1n) is 7.38. The molecule has 0 saturated carbocycles. The molecule has 1 amide bonds. The predicted molar refractivity (Wildman–Crippen MR) is 86.4 cm³/mol. The summed E-state index contributed by atoms with van der Waals surface area (Å²) in [4.78, 5) is 12.3. The lowest BCUT2D eigenvalue weighted by molar-refractivity contribution is -0.120. The van der Waals surface area contributed by atoms with Crippen molar-refractivity contribution in [1.29, 1.82) is 0 Å². The van der Waals surface area contributed by atoms with E-state index >= 15 is 0 Å². The minimum Gasteiger partial charge on any atom is -0.351 e. The Balaban J connectivity index is 1.95. The van der Waals surface area contributed by atoms with Crippen LogP contribution in [0.4, 0.5) is 0 Å². The zero-order chi connectivity index (χ0) is 15.9. The summed E-state index contributed by atoms with van der Waals surface area (Å²) >= 11 is 1.41. The van der Waals surface area contributed by atoms with Crippen molar-refractivity contribution in [2.24, 2.45) is 0 Å². The van der Waals surface area contributed by atoms with Gasteiger partial charge in [0.25, 0.3) is 0 Å². The van der Waals surface area contributed by atoms with Crippen molar-refractivity contribution in [3.63, 3.8) is 0 Å². The van der Waals surface area contributed by atoms with Gasteiger partial charge in [0.05, 0.1) is 11.3 Å². The van der Waals surface area contributed by atoms with E-state index in [2.05, 4.69) is 20.8 Å². The lowest BCUT2D eigenvalue weighted by atomic mass is 10.2. The molecule has 0 saturated heterocycles. The third-order valence-corrected chi connectivity index (χ3v) is 4.48. The molecule has 0 radical (unpaired) electrons. The summed E-state index contributed by atoms with van der Waals surface area (Å²) in [6.45, 7) is 6.54. The lowest BCUT2D eigenvalue weighted by Gasteiger charge is -2.15. The summed E-state index contributed by atoms with van der Waals surface area (Å²) < 4.78 is 1.73. The number of carbonyl (C=O) groups is 1. The monoisotopic (exact) mass is 319 g/mol. The third kappa shape index (κ3) is 4.30. The van der Waals surface area contributed by atoms with E-state index in [4.69, 9.17) is 0 Å². The minimum absolute atomic E-state index is 0.00894. The highest BCUT2D eigenvalue weighted by Crippen LogP contribution is 2.24. The lowest BCUT2D eigenvalue weighted by Crippen LogP contribution is -2.32. The standard InChI is InChI=1S/C15H21N5OS/c1-4-13(22-15-17-18-19-20(15)11(2)3)14(21)16-10-12-8-6-5-7-9-12/h5-9,11,13H,4,10H2,1-3H3,(H,16,21)/t13-/m1/s1. The molecule has 0 bridgehead atoms. The van der Waals surface area contributed by atoms with E-state index in [1.807, 2.05) is 51.1 Å². The molecule has 6 nitrogen and oxygen atoms in total. The van der Waals surface area contributed by atoms with Gasteiger partial charge in [-0.25, -0.2) is 4.68 Å². The second-order valence-corrected chi connectivity index (χ2v) is 6.39. The van der Waals surface area contributed by atoms with Crippen molar-refractivity contribution in [3.8, 4) is 0 Å². The number of nitrogens with one attached hydrogen (secondary N) is 1. The first-order valence-corrected chi connectivity index (χ1v) is 8.26. The summed E-state index contributed by atoms with van der Waals surface area (Å²) in [5, 5.41) is 15.1. The van der Waals surface area contributed by atoms with Gasteiger partial charge >= 0.3 is 0 Å². The van der Waals surface area contributed by atoms with Crippen LogP contribution in [0.2, 0.25) is 0 Å². The smallest absolute Gasteiger partial charge is 0.233 e. The van der Waals surface area contributed by atoms with Crippen LogP contribution in [0.5, 0.6) is 0 Å². The van der Waals surface area contributed by atoms with Crippen LogP contribution in [0, 0.1) is 0 Å². The normalized spacial score (nSPS) is 12.4. The molecule has 0 fully saturated rings. The molecule has 1 N–H and O–H groups in total. The largest absolute Gasteiger partial charge is 0.351 e. The summed E-state index contributed by atoms with van der Waals surface area (Å²) in [7, 11) is 0. The van der Waals surface area contributed by atoms with E-state index in [-0.39, 0.29) is 17.2 Å². The van der Waals surface area contributed by atoms with Gasteiger partial charge in [-0.1, -0.05) is 49.0 Å². The summed E-state index contributed by atoms with van der Waals surface area (Å²) in [5.74, 6) is 0.00894. The maximum atomic E-state index is 12.3. The molecule has 118 valence electrons. The number of nitrogens with zero attached hydrogens (tertiary/aromatic N) is 4. The Labute approximate surface area is 134 Å². The molecule has 1 aromatic heterocycles. The van der Waals surface area contributed by atoms with Crippen LogP contribution in [0.15, 0.2) is 35.5 Å². The number of hydrogen-bond donors (Lipinski definition) is 1. The fraction of sp³-hybridized carbons (Fsp3) is 0.467. The van der Waals surface area contributed by atoms with Crippen LogP contribution in [0.25, 0.3) is 0 Å². The van der Waals surface area contributed by atoms with Crippen molar-refractivity contribution >= 4 is 17.7 Å². The number of hydrogen-bond acceptors (Lipinski definition) is 5. The molecule has 2 aromatic rings. The van der Waals surface area contributed by atoms with E-state index < -0.39 is 0 Å². The van der Waals surface area contributed by atoms with Crippen molar-refractivity contribution in [1.82, 2.24) is 25.5 Å². The highest BCUT2D eigenvalue weighted by Gasteiger charge is 2.21. The van der Waals surface area contributed by atoms with Crippen molar-refractivity contribution in [2.45, 2.75) is 50.2 Å². The van der Waals surface area contributed by atoms with Crippen molar-refractivity contribution in [2.75, 3.05) is 0 Å². The molecule has 7 heteroatoms. The van der Waals surface area contributed by atoms with Crippen molar-refractivity contribution in [3.05, 3.63) is 35.9 Å². The SMILES string of the molecule is CC[C@@H](Sc1nnnn1C(C)C)C(=O)NCc1ccccc1. The fourth-order valence-corrected chi connectivity index (χ4v) is 2.99. The van der Waals surface area contributed by atoms with Crippen LogP contribution < -0.4 is 5.32 Å². The first kappa shape index (κ1) is 16.5. The van der Waals surface area contributed by atoms with Gasteiger partial charge in [-0.05, 0) is 36.3 Å². The van der Waals surface area contributed by atoms with E-state index in [1.165, 1.54) is 11.8 Å². The van der Waals surface area contributed by atoms with Crippen molar-refractivity contribution < 1.29 is 4.79 Å². The van der Waals surface area contributed by atoms with Gasteiger partial charge in [0.15, 0.2) is 0 Å². The Hall–Kier alpha value is -1.89. The number of carbonyl (C=O) groups excluding carboxylic acids is 1. The zero-order valence-electron chi connectivity index (χ0n) is 13.1. The van der Waals surface area contributed by atoms with Gasteiger partial charge in [-0.15, -0.1) is 5.10 Å². The maximum absolute atomic E-state index is 12.3. The molecule has 0 unspecified atom stereocenters. The van der Waals surface area contributed by atoms with Gasteiger partial charge in [0.2, 0.25) is 11.1 Å². The highest BCUT2D eigenvalue weighted by atomic mass is 32.2. The Bertz CT molecular complexity index is 599. The number of amides is 1. The molecule has 0 aliphatic carbocycles. The highest BCUT2D eigenvalue weighted by molar-refractivity contribution is 8.00. The van der Waals surface area contributed by atoms with Crippen LogP contribution >= 0.6 is 11.8 Å². The van der Waals surface area contributed by atoms with Crippen LogP contribution in [0.1, 0.15) is 38.8 Å². The molecule has 22 heavy (non-hydrogen) atoms. The number of aromatic nitrogens is 4. The molecule has 0 aliphatic heterocycles. The Morgan fingerprint density at radius 3 is 2.68 bits per heavy atom. The molecular formula is C15H21N5OS. The molecule has 2 rings (SSSR count). The number of rotatable bonds is 7. The Morgan fingerprint density at radius 2 is 2.05 bits per heavy atom. The van der Waals surface area contributed by atoms with Gasteiger partial charge in [0, 0.05) is 6.54 Å². The molecule has 0 aliphatic rings. The van der Waals surface area contributed by atoms with Gasteiger partial charge in [0.1, 0.15) is 0 Å². The maximum Gasteiger partial charge on any atom is 0.233 e. The van der Waals surface area contributed by atoms with Crippen LogP contribution in [-0.2, 0) is 11.3 Å². The zero-order valence-corrected chi connectivity index (χ0v) is 13.9. The molecule has 0 spiro atoms. The second-order valence-electron chi connectivity index (χ2n) is 5.22. The summed E-state index contributed by atoms with van der Waals surface area (Å²) in [5.41, 5.74) is 1.09. The fourth-order valence-electron chi connectivity index (χ4n) is 1.94. The van der Waals surface area contributed by atoms with Crippen LogP contribution in [0.3, 0.4) is 0 Å². The van der Waals surface area contributed by atoms with E-state index in [0.29, 0.717) is 11.7 Å². The first-order chi connectivity index (χ1) is 10.6. The molecule has 1 heterocycles. The third-order valence-electron chi connectivity index (χ3n) is 3.17. The van der Waals surface area contributed by atoms with Crippen LogP contribution in [-0.4, -0.2) is 31.4 Å². The summed E-state index contributed by atoms with van der Waals surface area (Å²) in [6, 6.07) is 10.0. The predicted octanol–water partition coefficient (Wildman–Crippen LogP) is 2.44. The van der Waals surface area contributed by atoms with Gasteiger partial charge in [-0.2, -0.15) is 0 Å². The summed E-state index contributed by atoms with van der Waals surface area (Å²) in [6.07, 6.45) is 0.718. The van der Waals surface area contributed by atoms with E-state index in [0.717, 1.165) is 12.0 Å². The van der Waals surface area contributed by atoms with E-state index in [1.54, 1.807) is 4.68 Å². The second kappa shape index (κ2) is 7.93. The van der Waals surface area contributed by atoms with Gasteiger partial charge in [-0.3, -0.25) is 4.79 Å². The van der Waals surface area contributed by atoms with E-state index in [9.17, 15) is 4.79 Å². The topological polar surface area (TPSA) is 72.7 Å². The average Bonchev–Trinajstić information content (AvgIpc) is 2.99. The molecular weight excluding hydrogens is 298 g/mol. The van der Waals surface area contributed by atoms with Gasteiger partial charge < -0.3 is 5.32 Å². The Kier molecular flexibility index (Phi) is 5.94. The number of benzene rings is 1. The average molecular weight is 319 g/mol. The molecule has 1 aromatic carbocycles. The number of thioether (sulfide) groups is 1. The Morgan fingerprint density at radius 1 is 1.32 bits per heavy atom. The molecule has 1 atom stereocenters. The minimum atomic E-state index is -0.202.